The molecule has 0 saturated heterocycles. The first-order valence-corrected chi connectivity index (χ1v) is 5.24. The number of carbonyl (C=O) groups excluding carboxylic acids is 1. The van der Waals surface area contributed by atoms with E-state index >= 15 is 0 Å². The van der Waals surface area contributed by atoms with Crippen LogP contribution in [0, 0.1) is 0 Å². The van der Waals surface area contributed by atoms with Gasteiger partial charge in [0.2, 0.25) is 0 Å². The molecule has 76 valence electrons. The van der Waals surface area contributed by atoms with Gasteiger partial charge in [-0.25, -0.2) is 4.39 Å². The van der Waals surface area contributed by atoms with Crippen molar-refractivity contribution in [1.29, 1.82) is 0 Å². The van der Waals surface area contributed by atoms with Gasteiger partial charge < -0.3 is 0 Å². The van der Waals surface area contributed by atoms with Gasteiger partial charge in [0.05, 0.1) is 4.47 Å². The highest BCUT2D eigenvalue weighted by Crippen LogP contribution is 2.51. The van der Waals surface area contributed by atoms with Crippen molar-refractivity contribution in [2.75, 3.05) is 0 Å². The highest BCUT2D eigenvalue weighted by molar-refractivity contribution is 9.10. The van der Waals surface area contributed by atoms with Crippen LogP contribution in [0.3, 0.4) is 0 Å². The van der Waals surface area contributed by atoms with E-state index in [0.717, 1.165) is 0 Å². The lowest BCUT2D eigenvalue weighted by Gasteiger charge is -1.98. The molecule has 1 fully saturated rings. The zero-order valence-corrected chi connectivity index (χ0v) is 9.69. The average Bonchev–Trinajstić information content (AvgIpc) is 2.72. The maximum atomic E-state index is 13.7. The van der Waals surface area contributed by atoms with Crippen LogP contribution in [-0.2, 0) is 12.7 Å². The lowest BCUT2D eigenvalue weighted by molar-refractivity contribution is 0.107. The lowest BCUT2D eigenvalue weighted by atomic mass is 10.2. The molecule has 0 bridgehead atoms. The van der Waals surface area contributed by atoms with Crippen molar-refractivity contribution in [2.24, 2.45) is 7.05 Å². The molecule has 1 heterocycles. The third kappa shape index (κ3) is 1.39. The molecule has 0 amide bonds. The first kappa shape index (κ1) is 10.1. The highest BCUT2D eigenvalue weighted by atomic mass is 79.9. The van der Waals surface area contributed by atoms with Crippen molar-refractivity contribution < 1.29 is 9.18 Å². The van der Waals surface area contributed by atoms with E-state index in [-0.39, 0.29) is 11.4 Å². The summed E-state index contributed by atoms with van der Waals surface area (Å²) in [5, 5.41) is 3.32. The molecule has 2 rings (SSSR count). The molecule has 14 heavy (non-hydrogen) atoms. The Morgan fingerprint density at radius 2 is 2.29 bits per heavy atom. The molecule has 0 unspecified atom stereocenters. The number of rotatable bonds is 2. The maximum absolute atomic E-state index is 13.7. The van der Waals surface area contributed by atoms with E-state index in [1.54, 1.807) is 7.05 Å². The summed E-state index contributed by atoms with van der Waals surface area (Å²) in [6.07, 6.45) is 0.914. The Kier molecular flexibility index (Phi) is 2.19. The number of alkyl halides is 1. The molecule has 0 radical (unpaired) electrons. The van der Waals surface area contributed by atoms with E-state index in [2.05, 4.69) is 21.0 Å². The van der Waals surface area contributed by atoms with Crippen molar-refractivity contribution >= 4 is 32.8 Å². The van der Waals surface area contributed by atoms with Gasteiger partial charge in [-0.3, -0.25) is 9.48 Å². The van der Waals surface area contributed by atoms with E-state index < -0.39 is 10.9 Å². The molecule has 1 saturated carbocycles. The fourth-order valence-electron chi connectivity index (χ4n) is 1.34. The first-order valence-electron chi connectivity index (χ1n) is 4.07. The Balaban J connectivity index is 2.55. The smallest absolute Gasteiger partial charge is 0.271 e. The summed E-state index contributed by atoms with van der Waals surface area (Å²) in [5.41, 5.74) is -0.879. The fourth-order valence-corrected chi connectivity index (χ4v) is 2.55. The Morgan fingerprint density at radius 1 is 1.71 bits per heavy atom. The zero-order valence-electron chi connectivity index (χ0n) is 7.35. The number of nitrogens with zero attached hydrogens (tertiary/aromatic N) is 2. The molecule has 0 N–H and O–H groups in total. The standard InChI is InChI=1S/C8H7BrClFN2O/c1-13-5(7(10)14)4(9)6(12-13)8(11)2-3-8/h2-3H2,1H3. The predicted molar refractivity (Wildman–Crippen MR) is 53.1 cm³/mol. The molecule has 1 aliphatic rings. The van der Waals surface area contributed by atoms with Crippen LogP contribution in [0.5, 0.6) is 0 Å². The lowest BCUT2D eigenvalue weighted by Crippen LogP contribution is -2.02. The molecule has 1 aromatic heterocycles. The van der Waals surface area contributed by atoms with Gasteiger partial charge in [0.1, 0.15) is 11.4 Å². The molecular formula is C8H7BrClFN2O. The summed E-state index contributed by atoms with van der Waals surface area (Å²) in [6, 6.07) is 0. The normalized spacial score (nSPS) is 18.3. The minimum atomic E-state index is -1.36. The monoisotopic (exact) mass is 280 g/mol. The van der Waals surface area contributed by atoms with Gasteiger partial charge in [0.15, 0.2) is 5.67 Å². The average molecular weight is 282 g/mol. The van der Waals surface area contributed by atoms with E-state index in [9.17, 15) is 9.18 Å². The second kappa shape index (κ2) is 3.03. The van der Waals surface area contributed by atoms with Crippen molar-refractivity contribution in [3.63, 3.8) is 0 Å². The van der Waals surface area contributed by atoms with Crippen LogP contribution in [0.4, 0.5) is 4.39 Å². The van der Waals surface area contributed by atoms with Gasteiger partial charge in [0, 0.05) is 7.05 Å². The summed E-state index contributed by atoms with van der Waals surface area (Å²) in [4.78, 5) is 11.0. The second-order valence-corrected chi connectivity index (χ2v) is 4.51. The second-order valence-electron chi connectivity index (χ2n) is 3.37. The third-order valence-electron chi connectivity index (χ3n) is 2.29. The Hall–Kier alpha value is -0.420. The van der Waals surface area contributed by atoms with Crippen molar-refractivity contribution in [2.45, 2.75) is 18.5 Å². The van der Waals surface area contributed by atoms with Gasteiger partial charge in [-0.15, -0.1) is 0 Å². The number of aromatic nitrogens is 2. The van der Waals surface area contributed by atoms with Crippen LogP contribution < -0.4 is 0 Å². The summed E-state index contributed by atoms with van der Waals surface area (Å²) in [6.45, 7) is 0. The minimum Gasteiger partial charge on any atom is -0.274 e. The van der Waals surface area contributed by atoms with Crippen LogP contribution in [-0.4, -0.2) is 15.0 Å². The van der Waals surface area contributed by atoms with Gasteiger partial charge in [-0.05, 0) is 40.4 Å². The molecule has 6 heteroatoms. The van der Waals surface area contributed by atoms with E-state index in [4.69, 9.17) is 11.6 Å². The topological polar surface area (TPSA) is 34.9 Å². The number of aryl methyl sites for hydroxylation is 1. The summed E-state index contributed by atoms with van der Waals surface area (Å²) in [7, 11) is 1.57. The SMILES string of the molecule is Cn1nc(C2(F)CC2)c(Br)c1C(=O)Cl. The van der Waals surface area contributed by atoms with Gasteiger partial charge in [0.25, 0.3) is 5.24 Å². The van der Waals surface area contributed by atoms with Gasteiger partial charge >= 0.3 is 0 Å². The zero-order chi connectivity index (χ0) is 10.5. The van der Waals surface area contributed by atoms with E-state index in [1.165, 1.54) is 4.68 Å². The minimum absolute atomic E-state index is 0.200. The van der Waals surface area contributed by atoms with E-state index in [0.29, 0.717) is 17.3 Å². The quantitative estimate of drug-likeness (QED) is 0.781. The molecule has 0 aromatic carbocycles. The fraction of sp³-hybridized carbons (Fsp3) is 0.500. The molecule has 3 nitrogen and oxygen atoms in total. The molecule has 0 atom stereocenters. The van der Waals surface area contributed by atoms with Crippen molar-refractivity contribution in [1.82, 2.24) is 9.78 Å². The summed E-state index contributed by atoms with van der Waals surface area (Å²) in [5.74, 6) is 0. The molecular weight excluding hydrogens is 274 g/mol. The van der Waals surface area contributed by atoms with Crippen LogP contribution in [0.1, 0.15) is 29.0 Å². The largest absolute Gasteiger partial charge is 0.274 e. The van der Waals surface area contributed by atoms with E-state index in [1.807, 2.05) is 0 Å². The number of hydrogen-bond donors (Lipinski definition) is 0. The Labute approximate surface area is 93.4 Å². The Bertz CT molecular complexity index is 414. The number of hydrogen-bond acceptors (Lipinski definition) is 2. The van der Waals surface area contributed by atoms with Crippen molar-refractivity contribution in [3.05, 3.63) is 15.9 Å². The van der Waals surface area contributed by atoms with Crippen LogP contribution in [0.15, 0.2) is 4.47 Å². The number of halogens is 3. The first-order chi connectivity index (χ1) is 6.46. The highest BCUT2D eigenvalue weighted by Gasteiger charge is 2.49. The van der Waals surface area contributed by atoms with Crippen LogP contribution in [0.2, 0.25) is 0 Å². The van der Waals surface area contributed by atoms with Crippen LogP contribution >= 0.6 is 27.5 Å². The molecule has 0 aliphatic heterocycles. The molecule has 1 aliphatic carbocycles. The molecule has 1 aromatic rings. The third-order valence-corrected chi connectivity index (χ3v) is 3.22. The summed E-state index contributed by atoms with van der Waals surface area (Å²) < 4.78 is 15.4. The van der Waals surface area contributed by atoms with Gasteiger partial charge in [-0.2, -0.15) is 5.10 Å². The predicted octanol–water partition coefficient (Wildman–Crippen LogP) is 2.52. The van der Waals surface area contributed by atoms with Crippen LogP contribution in [0.25, 0.3) is 0 Å². The maximum Gasteiger partial charge on any atom is 0.271 e. The van der Waals surface area contributed by atoms with Crippen molar-refractivity contribution in [3.8, 4) is 0 Å². The summed E-state index contributed by atoms with van der Waals surface area (Å²) >= 11 is 8.50. The number of carbonyl (C=O) groups is 1. The molecule has 0 spiro atoms. The van der Waals surface area contributed by atoms with Gasteiger partial charge in [-0.1, -0.05) is 0 Å². The Morgan fingerprint density at radius 3 is 2.64 bits per heavy atom.